The minimum Gasteiger partial charge on any atom is -0.370 e. The number of ether oxygens (including phenoxy) is 1. The highest BCUT2D eigenvalue weighted by Gasteiger charge is 2.06. The maximum atomic E-state index is 5.64. The molecule has 0 heterocycles. The Morgan fingerprint density at radius 1 is 1.50 bits per heavy atom. The van der Waals surface area contributed by atoms with E-state index >= 15 is 0 Å². The van der Waals surface area contributed by atoms with Gasteiger partial charge in [0.25, 0.3) is 0 Å². The molecular formula is C4H13ClMgOSi. The normalized spacial score (nSPS) is 13.1. The van der Waals surface area contributed by atoms with Crippen LogP contribution in [0.25, 0.3) is 0 Å². The molecule has 1 unspecified atom stereocenters. The molecule has 0 fully saturated rings. The van der Waals surface area contributed by atoms with Crippen molar-refractivity contribution in [3.05, 3.63) is 0 Å². The molecule has 0 bridgehead atoms. The van der Waals surface area contributed by atoms with E-state index in [1.165, 1.54) is 0 Å². The Morgan fingerprint density at radius 3 is 1.88 bits per heavy atom. The SMILES string of the molecule is COC(Cl)[SiH](C)C.[MgH2]. The summed E-state index contributed by atoms with van der Waals surface area (Å²) in [6, 6.07) is 0. The minimum absolute atomic E-state index is 0. The van der Waals surface area contributed by atoms with Crippen molar-refractivity contribution in [2.24, 2.45) is 0 Å². The molecule has 0 aromatic heterocycles. The van der Waals surface area contributed by atoms with Gasteiger partial charge in [0.15, 0.2) is 0 Å². The number of alkyl halides is 1. The highest BCUT2D eigenvalue weighted by molar-refractivity contribution is 6.66. The van der Waals surface area contributed by atoms with Crippen LogP contribution in [0, 0.1) is 0 Å². The standard InChI is InChI=1S/C4H11ClOSi.Mg.2H/c1-6-4(5)7(2)3;;;/h4,7H,1-3H3;;;. The molecule has 0 saturated carbocycles. The van der Waals surface area contributed by atoms with Crippen molar-refractivity contribution in [2.75, 3.05) is 7.11 Å². The number of rotatable bonds is 2. The third-order valence-electron chi connectivity index (χ3n) is 0.749. The van der Waals surface area contributed by atoms with Crippen LogP contribution in [0.2, 0.25) is 13.1 Å². The van der Waals surface area contributed by atoms with Crippen molar-refractivity contribution in [1.82, 2.24) is 0 Å². The van der Waals surface area contributed by atoms with Gasteiger partial charge in [-0.1, -0.05) is 24.7 Å². The van der Waals surface area contributed by atoms with E-state index in [-0.39, 0.29) is 28.2 Å². The zero-order chi connectivity index (χ0) is 5.86. The average Bonchev–Trinajstić information content (AvgIpc) is 1.65. The maximum absolute atomic E-state index is 5.64. The summed E-state index contributed by atoms with van der Waals surface area (Å²) in [7, 11) is 0.922. The van der Waals surface area contributed by atoms with Gasteiger partial charge in [0.1, 0.15) is 5.19 Å². The molecule has 1 nitrogen and oxygen atoms in total. The molecule has 0 spiro atoms. The molecule has 8 heavy (non-hydrogen) atoms. The van der Waals surface area contributed by atoms with Gasteiger partial charge in [0.05, 0.1) is 8.80 Å². The molecule has 48 valence electrons. The Hall–Kier alpha value is 1.23. The lowest BCUT2D eigenvalue weighted by Gasteiger charge is -2.07. The molecule has 0 radical (unpaired) electrons. The van der Waals surface area contributed by atoms with Crippen LogP contribution in [-0.2, 0) is 4.74 Å². The lowest BCUT2D eigenvalue weighted by atomic mass is 11.5. The summed E-state index contributed by atoms with van der Waals surface area (Å²) >= 11 is 5.64. The Labute approximate surface area is 73.5 Å². The van der Waals surface area contributed by atoms with Crippen LogP contribution in [0.15, 0.2) is 0 Å². The van der Waals surface area contributed by atoms with E-state index in [2.05, 4.69) is 13.1 Å². The fourth-order valence-corrected chi connectivity index (χ4v) is 0.816. The maximum Gasteiger partial charge on any atom is 0.316 e. The summed E-state index contributed by atoms with van der Waals surface area (Å²) in [5.41, 5.74) is 0. The van der Waals surface area contributed by atoms with Gasteiger partial charge >= 0.3 is 23.1 Å². The molecule has 0 amide bonds. The highest BCUT2D eigenvalue weighted by Crippen LogP contribution is 1.99. The number of methoxy groups -OCH3 is 1. The average molecular weight is 165 g/mol. The van der Waals surface area contributed by atoms with Gasteiger partial charge in [-0.25, -0.2) is 0 Å². The Bertz CT molecular complexity index is 53.3. The number of halogens is 1. The summed E-state index contributed by atoms with van der Waals surface area (Å²) in [5, 5.41) is 0.0139. The third kappa shape index (κ3) is 5.37. The first-order valence-electron chi connectivity index (χ1n) is 2.35. The van der Waals surface area contributed by atoms with E-state index in [0.717, 1.165) is 0 Å². The van der Waals surface area contributed by atoms with Gasteiger partial charge in [-0.15, -0.1) is 0 Å². The summed E-state index contributed by atoms with van der Waals surface area (Å²) in [6.07, 6.45) is 0. The van der Waals surface area contributed by atoms with Crippen molar-refractivity contribution < 1.29 is 4.74 Å². The molecule has 4 heteroatoms. The van der Waals surface area contributed by atoms with E-state index in [1.54, 1.807) is 7.11 Å². The molecule has 0 aliphatic rings. The molecule has 0 aromatic carbocycles. The predicted molar refractivity (Wildman–Crippen MR) is 44.1 cm³/mol. The lowest BCUT2D eigenvalue weighted by Crippen LogP contribution is -2.19. The third-order valence-corrected chi connectivity index (χ3v) is 3.76. The van der Waals surface area contributed by atoms with Crippen LogP contribution in [0.3, 0.4) is 0 Å². The molecule has 0 aliphatic carbocycles. The summed E-state index contributed by atoms with van der Waals surface area (Å²) in [5.74, 6) is 0. The molecule has 0 aromatic rings. The summed E-state index contributed by atoms with van der Waals surface area (Å²) in [4.78, 5) is 0. The second kappa shape index (κ2) is 6.35. The molecule has 0 N–H and O–H groups in total. The van der Waals surface area contributed by atoms with E-state index in [1.807, 2.05) is 0 Å². The highest BCUT2D eigenvalue weighted by atomic mass is 35.5. The molecule has 0 rings (SSSR count). The second-order valence-corrected chi connectivity index (χ2v) is 5.78. The van der Waals surface area contributed by atoms with E-state index in [0.29, 0.717) is 0 Å². The first-order valence-corrected chi connectivity index (χ1v) is 5.76. The fourth-order valence-electron chi connectivity index (χ4n) is 0.272. The van der Waals surface area contributed by atoms with Crippen LogP contribution in [0.4, 0.5) is 0 Å². The predicted octanol–water partition coefficient (Wildman–Crippen LogP) is 0.307. The van der Waals surface area contributed by atoms with Crippen molar-refractivity contribution in [2.45, 2.75) is 18.3 Å². The van der Waals surface area contributed by atoms with E-state index in [9.17, 15) is 0 Å². The quantitative estimate of drug-likeness (QED) is 0.422. The van der Waals surface area contributed by atoms with Gasteiger partial charge in [-0.2, -0.15) is 0 Å². The monoisotopic (exact) mass is 164 g/mol. The fraction of sp³-hybridized carbons (Fsp3) is 1.00. The van der Waals surface area contributed by atoms with Crippen molar-refractivity contribution in [3.63, 3.8) is 0 Å². The van der Waals surface area contributed by atoms with Gasteiger partial charge in [-0.05, 0) is 0 Å². The minimum atomic E-state index is -0.721. The van der Waals surface area contributed by atoms with Gasteiger partial charge in [0.2, 0.25) is 0 Å². The van der Waals surface area contributed by atoms with Crippen LogP contribution in [-0.4, -0.2) is 44.1 Å². The van der Waals surface area contributed by atoms with E-state index in [4.69, 9.17) is 16.3 Å². The summed E-state index contributed by atoms with van der Waals surface area (Å²) in [6.45, 7) is 4.31. The van der Waals surface area contributed by atoms with Crippen molar-refractivity contribution in [3.8, 4) is 0 Å². The number of hydrogen-bond donors (Lipinski definition) is 0. The second-order valence-electron chi connectivity index (χ2n) is 1.83. The Balaban J connectivity index is 0. The van der Waals surface area contributed by atoms with Crippen LogP contribution in [0.1, 0.15) is 0 Å². The first kappa shape index (κ1) is 12.0. The molecular weight excluding hydrogens is 152 g/mol. The summed E-state index contributed by atoms with van der Waals surface area (Å²) < 4.78 is 4.84. The smallest absolute Gasteiger partial charge is 0.316 e. The van der Waals surface area contributed by atoms with Gasteiger partial charge in [-0.3, -0.25) is 0 Å². The topological polar surface area (TPSA) is 9.23 Å². The van der Waals surface area contributed by atoms with Gasteiger partial charge < -0.3 is 4.74 Å². The Kier molecular flexibility index (Phi) is 9.50. The van der Waals surface area contributed by atoms with Crippen LogP contribution >= 0.6 is 11.6 Å². The lowest BCUT2D eigenvalue weighted by molar-refractivity contribution is 0.220. The van der Waals surface area contributed by atoms with Crippen LogP contribution < -0.4 is 0 Å². The first-order chi connectivity index (χ1) is 3.18. The van der Waals surface area contributed by atoms with Crippen molar-refractivity contribution >= 4 is 43.5 Å². The van der Waals surface area contributed by atoms with E-state index < -0.39 is 8.80 Å². The molecule has 1 atom stereocenters. The van der Waals surface area contributed by atoms with Gasteiger partial charge in [0, 0.05) is 7.11 Å². The molecule has 0 aliphatic heterocycles. The zero-order valence-electron chi connectivity index (χ0n) is 4.94. The van der Waals surface area contributed by atoms with Crippen LogP contribution in [0.5, 0.6) is 0 Å². The molecule has 0 saturated heterocycles. The zero-order valence-corrected chi connectivity index (χ0v) is 6.85. The largest absolute Gasteiger partial charge is 0.370 e. The number of hydrogen-bond acceptors (Lipinski definition) is 1. The van der Waals surface area contributed by atoms with Crippen molar-refractivity contribution in [1.29, 1.82) is 0 Å². The Morgan fingerprint density at radius 2 is 1.88 bits per heavy atom.